The third kappa shape index (κ3) is 3.71. The van der Waals surface area contributed by atoms with Crippen LogP contribution in [0.2, 0.25) is 0 Å². The summed E-state index contributed by atoms with van der Waals surface area (Å²) in [5, 5.41) is 0. The Morgan fingerprint density at radius 3 is 2.60 bits per heavy atom. The van der Waals surface area contributed by atoms with Crippen LogP contribution < -0.4 is 0 Å². The van der Waals surface area contributed by atoms with E-state index in [1.54, 1.807) is 0 Å². The van der Waals surface area contributed by atoms with Crippen LogP contribution in [0, 0.1) is 17.8 Å². The Bertz CT molecular complexity index is 617. The maximum Gasteiger partial charge on any atom is 0.416 e. The van der Waals surface area contributed by atoms with Gasteiger partial charge in [0.15, 0.2) is 0 Å². The van der Waals surface area contributed by atoms with Crippen LogP contribution in [-0.2, 0) is 16.1 Å². The summed E-state index contributed by atoms with van der Waals surface area (Å²) in [6, 6.07) is 10.2. The number of amides is 2. The average Bonchev–Trinajstić information content (AvgIpc) is 3.18. The van der Waals surface area contributed by atoms with Crippen molar-refractivity contribution < 1.29 is 14.3 Å². The van der Waals surface area contributed by atoms with Crippen molar-refractivity contribution in [2.75, 3.05) is 19.7 Å². The fraction of sp³-hybridized carbons (Fsp3) is 0.600. The molecule has 0 radical (unpaired) electrons. The van der Waals surface area contributed by atoms with E-state index in [9.17, 15) is 9.59 Å². The van der Waals surface area contributed by atoms with Crippen molar-refractivity contribution in [2.45, 2.75) is 39.8 Å². The first-order valence-electron chi connectivity index (χ1n) is 9.27. The Hall–Kier alpha value is -1.88. The molecule has 3 rings (SSSR count). The lowest BCUT2D eigenvalue weighted by atomic mass is 9.91. The molecule has 0 bridgehead atoms. The topological polar surface area (TPSA) is 49.9 Å². The van der Waals surface area contributed by atoms with E-state index in [0.717, 1.165) is 19.5 Å². The molecule has 1 aromatic rings. The minimum absolute atomic E-state index is 0.0522. The summed E-state index contributed by atoms with van der Waals surface area (Å²) in [5.74, 6) is 0.318. The molecule has 5 heteroatoms. The van der Waals surface area contributed by atoms with E-state index in [-0.39, 0.29) is 29.7 Å². The Labute approximate surface area is 149 Å². The van der Waals surface area contributed by atoms with Gasteiger partial charge < -0.3 is 4.74 Å². The second-order valence-corrected chi connectivity index (χ2v) is 7.55. The Balaban J connectivity index is 1.72. The normalized spacial score (nSPS) is 27.1. The predicted octanol–water partition coefficient (Wildman–Crippen LogP) is 3.15. The zero-order valence-corrected chi connectivity index (χ0v) is 15.4. The summed E-state index contributed by atoms with van der Waals surface area (Å²) in [6.45, 7) is 8.96. The molecule has 0 N–H and O–H groups in total. The van der Waals surface area contributed by atoms with Gasteiger partial charge in [-0.1, -0.05) is 57.5 Å². The van der Waals surface area contributed by atoms with Gasteiger partial charge in [0.25, 0.3) is 0 Å². The Morgan fingerprint density at radius 1 is 1.24 bits per heavy atom. The molecule has 0 aromatic heterocycles. The number of hydrogen-bond acceptors (Lipinski definition) is 4. The lowest BCUT2D eigenvalue weighted by Gasteiger charge is -2.27. The number of imide groups is 1. The molecule has 25 heavy (non-hydrogen) atoms. The van der Waals surface area contributed by atoms with E-state index >= 15 is 0 Å². The van der Waals surface area contributed by atoms with Crippen LogP contribution in [0.3, 0.4) is 0 Å². The summed E-state index contributed by atoms with van der Waals surface area (Å²) in [4.78, 5) is 29.0. The van der Waals surface area contributed by atoms with Crippen LogP contribution in [-0.4, -0.2) is 47.5 Å². The van der Waals surface area contributed by atoms with Crippen LogP contribution >= 0.6 is 0 Å². The first-order chi connectivity index (χ1) is 12.0. The molecule has 3 atom stereocenters. The molecular formula is C20H28N2O3. The molecule has 136 valence electrons. The molecule has 5 nitrogen and oxygen atoms in total. The fourth-order valence-corrected chi connectivity index (χ4v) is 3.98. The second kappa shape index (κ2) is 7.56. The average molecular weight is 344 g/mol. The van der Waals surface area contributed by atoms with Crippen molar-refractivity contribution in [3.8, 4) is 0 Å². The first kappa shape index (κ1) is 17.9. The lowest BCUT2D eigenvalue weighted by molar-refractivity contribution is -0.134. The largest absolute Gasteiger partial charge is 0.447 e. The van der Waals surface area contributed by atoms with Gasteiger partial charge in [-0.25, -0.2) is 9.69 Å². The van der Waals surface area contributed by atoms with Crippen LogP contribution in [0.1, 0.15) is 32.8 Å². The standard InChI is InChI=1S/C20H28N2O3/c1-4-16-11-21(10-15-8-6-5-7-9-15)12-17(16)19(23)22-18(14(2)3)13-25-20(22)24/h5-9,14,16-18H,4,10-13H2,1-3H3/t16-,17+,18-/m0/s1. The van der Waals surface area contributed by atoms with Crippen molar-refractivity contribution in [3.05, 3.63) is 35.9 Å². The van der Waals surface area contributed by atoms with Gasteiger partial charge in [-0.2, -0.15) is 0 Å². The number of cyclic esters (lactones) is 1. The maximum absolute atomic E-state index is 13.1. The van der Waals surface area contributed by atoms with Gasteiger partial charge >= 0.3 is 6.09 Å². The SMILES string of the molecule is CC[C@H]1CN(Cc2ccccc2)C[C@H]1C(=O)N1C(=O)OC[C@H]1C(C)C. The Morgan fingerprint density at radius 2 is 1.96 bits per heavy atom. The molecule has 0 aliphatic carbocycles. The highest BCUT2D eigenvalue weighted by atomic mass is 16.6. The smallest absolute Gasteiger partial charge is 0.416 e. The molecule has 0 unspecified atom stereocenters. The summed E-state index contributed by atoms with van der Waals surface area (Å²) in [6.07, 6.45) is 0.469. The van der Waals surface area contributed by atoms with E-state index in [1.807, 2.05) is 32.0 Å². The number of ether oxygens (including phenoxy) is 1. The van der Waals surface area contributed by atoms with Crippen molar-refractivity contribution in [1.82, 2.24) is 9.80 Å². The lowest BCUT2D eigenvalue weighted by Crippen LogP contribution is -2.46. The van der Waals surface area contributed by atoms with Gasteiger partial charge in [-0.15, -0.1) is 0 Å². The molecule has 2 fully saturated rings. The molecule has 0 saturated carbocycles. The number of hydrogen-bond donors (Lipinski definition) is 0. The number of nitrogens with zero attached hydrogens (tertiary/aromatic N) is 2. The van der Waals surface area contributed by atoms with Gasteiger partial charge in [-0.3, -0.25) is 9.69 Å². The van der Waals surface area contributed by atoms with Crippen molar-refractivity contribution in [2.24, 2.45) is 17.8 Å². The van der Waals surface area contributed by atoms with E-state index in [2.05, 4.69) is 24.0 Å². The molecule has 2 amide bonds. The van der Waals surface area contributed by atoms with E-state index in [4.69, 9.17) is 4.74 Å². The van der Waals surface area contributed by atoms with Crippen molar-refractivity contribution >= 4 is 12.0 Å². The second-order valence-electron chi connectivity index (χ2n) is 7.55. The minimum Gasteiger partial charge on any atom is -0.447 e. The summed E-state index contributed by atoms with van der Waals surface area (Å²) >= 11 is 0. The number of benzene rings is 1. The van der Waals surface area contributed by atoms with Gasteiger partial charge in [0.05, 0.1) is 12.0 Å². The third-order valence-corrected chi connectivity index (χ3v) is 5.52. The van der Waals surface area contributed by atoms with Crippen LogP contribution in [0.25, 0.3) is 0 Å². The third-order valence-electron chi connectivity index (χ3n) is 5.52. The fourth-order valence-electron chi connectivity index (χ4n) is 3.98. The predicted molar refractivity (Wildman–Crippen MR) is 95.8 cm³/mol. The van der Waals surface area contributed by atoms with Crippen molar-refractivity contribution in [1.29, 1.82) is 0 Å². The number of rotatable bonds is 5. The summed E-state index contributed by atoms with van der Waals surface area (Å²) in [5.41, 5.74) is 1.26. The zero-order valence-electron chi connectivity index (χ0n) is 15.4. The van der Waals surface area contributed by atoms with E-state index in [0.29, 0.717) is 13.2 Å². The van der Waals surface area contributed by atoms with Crippen LogP contribution in [0.4, 0.5) is 4.79 Å². The van der Waals surface area contributed by atoms with E-state index in [1.165, 1.54) is 10.5 Å². The Kier molecular flexibility index (Phi) is 5.42. The van der Waals surface area contributed by atoms with Gasteiger partial charge in [0.2, 0.25) is 5.91 Å². The number of carbonyl (C=O) groups excluding carboxylic acids is 2. The van der Waals surface area contributed by atoms with Crippen LogP contribution in [0.5, 0.6) is 0 Å². The maximum atomic E-state index is 13.1. The van der Waals surface area contributed by atoms with Gasteiger partial charge in [-0.05, 0) is 17.4 Å². The molecule has 2 heterocycles. The van der Waals surface area contributed by atoms with Gasteiger partial charge in [0, 0.05) is 19.6 Å². The highest BCUT2D eigenvalue weighted by molar-refractivity contribution is 5.95. The molecular weight excluding hydrogens is 316 g/mol. The van der Waals surface area contributed by atoms with E-state index < -0.39 is 6.09 Å². The number of carbonyl (C=O) groups is 2. The quantitative estimate of drug-likeness (QED) is 0.823. The summed E-state index contributed by atoms with van der Waals surface area (Å²) < 4.78 is 5.16. The zero-order chi connectivity index (χ0) is 18.0. The minimum atomic E-state index is -0.472. The summed E-state index contributed by atoms with van der Waals surface area (Å²) in [7, 11) is 0. The monoisotopic (exact) mass is 344 g/mol. The molecule has 2 saturated heterocycles. The highest BCUT2D eigenvalue weighted by Crippen LogP contribution is 2.32. The first-order valence-corrected chi connectivity index (χ1v) is 9.27. The molecule has 1 aromatic carbocycles. The van der Waals surface area contributed by atoms with Crippen molar-refractivity contribution in [3.63, 3.8) is 0 Å². The number of likely N-dealkylation sites (tertiary alicyclic amines) is 1. The molecule has 2 aliphatic heterocycles. The molecule has 2 aliphatic rings. The van der Waals surface area contributed by atoms with Gasteiger partial charge in [0.1, 0.15) is 6.61 Å². The molecule has 0 spiro atoms. The highest BCUT2D eigenvalue weighted by Gasteiger charge is 2.46. The van der Waals surface area contributed by atoms with Crippen LogP contribution in [0.15, 0.2) is 30.3 Å².